The summed E-state index contributed by atoms with van der Waals surface area (Å²) in [5, 5.41) is 27.3. The average Bonchev–Trinajstić information content (AvgIpc) is 2.35. The van der Waals surface area contributed by atoms with Gasteiger partial charge in [0.25, 0.3) is 0 Å². The van der Waals surface area contributed by atoms with Gasteiger partial charge in [-0.15, -0.1) is 0 Å². The van der Waals surface area contributed by atoms with E-state index < -0.39 is 34.6 Å². The van der Waals surface area contributed by atoms with E-state index >= 15 is 0 Å². The van der Waals surface area contributed by atoms with Crippen LogP contribution in [-0.4, -0.2) is 38.2 Å². The first-order valence-corrected chi connectivity index (χ1v) is 5.05. The minimum absolute atomic E-state index is 0.0809. The predicted octanol–water partition coefficient (Wildman–Crippen LogP) is 1.33. The number of hydrogen-bond donors (Lipinski definition) is 3. The largest absolute Gasteiger partial charge is 0.478 e. The Hall–Kier alpha value is -2.96. The summed E-state index contributed by atoms with van der Waals surface area (Å²) in [7, 11) is 0. The number of aromatic nitrogens is 1. The van der Waals surface area contributed by atoms with E-state index in [2.05, 4.69) is 4.98 Å². The number of rotatable bonds is 3. The lowest BCUT2D eigenvalue weighted by Crippen LogP contribution is -2.15. The molecule has 7 nitrogen and oxygen atoms in total. The number of carboxylic acids is 3. The van der Waals surface area contributed by atoms with Crippen molar-refractivity contribution in [1.82, 2.24) is 4.98 Å². The van der Waals surface area contributed by atoms with Gasteiger partial charge in [-0.2, -0.15) is 0 Å². The highest BCUT2D eigenvalue weighted by Gasteiger charge is 2.26. The average molecular weight is 261 g/mol. The topological polar surface area (TPSA) is 125 Å². The fourth-order valence-electron chi connectivity index (χ4n) is 1.84. The Labute approximate surface area is 105 Å². The minimum atomic E-state index is -1.61. The van der Waals surface area contributed by atoms with Gasteiger partial charge in [0.1, 0.15) is 0 Å². The second-order valence-corrected chi connectivity index (χ2v) is 3.66. The summed E-state index contributed by atoms with van der Waals surface area (Å²) in [5.41, 5.74) is -1.81. The van der Waals surface area contributed by atoms with E-state index in [1.165, 1.54) is 18.3 Å². The van der Waals surface area contributed by atoms with Gasteiger partial charge in [0.15, 0.2) is 0 Å². The minimum Gasteiger partial charge on any atom is -0.478 e. The number of carbonyl (C=O) groups is 3. The molecule has 0 bridgehead atoms. The van der Waals surface area contributed by atoms with Crippen LogP contribution < -0.4 is 0 Å². The molecule has 0 aliphatic rings. The lowest BCUT2D eigenvalue weighted by molar-refractivity contribution is 0.0634. The summed E-state index contributed by atoms with van der Waals surface area (Å²) < 4.78 is 0. The van der Waals surface area contributed by atoms with E-state index in [0.717, 1.165) is 6.07 Å². The fourth-order valence-corrected chi connectivity index (χ4v) is 1.84. The smallest absolute Gasteiger partial charge is 0.337 e. The summed E-state index contributed by atoms with van der Waals surface area (Å²) in [5.74, 6) is -4.65. The van der Waals surface area contributed by atoms with E-state index in [9.17, 15) is 14.4 Å². The number of pyridine rings is 1. The summed E-state index contributed by atoms with van der Waals surface area (Å²) in [4.78, 5) is 37.3. The molecule has 0 amide bonds. The van der Waals surface area contributed by atoms with Crippen LogP contribution in [0.25, 0.3) is 10.9 Å². The molecule has 0 fully saturated rings. The maximum Gasteiger partial charge on any atom is 0.337 e. The van der Waals surface area contributed by atoms with Gasteiger partial charge in [-0.1, -0.05) is 6.07 Å². The molecule has 0 radical (unpaired) electrons. The van der Waals surface area contributed by atoms with Crippen LogP contribution in [0.5, 0.6) is 0 Å². The molecule has 7 heteroatoms. The number of benzene rings is 1. The van der Waals surface area contributed by atoms with Crippen LogP contribution in [0, 0.1) is 0 Å². The molecule has 0 aliphatic carbocycles. The van der Waals surface area contributed by atoms with Crippen LogP contribution in [0.1, 0.15) is 31.1 Å². The van der Waals surface area contributed by atoms with Crippen molar-refractivity contribution in [3.63, 3.8) is 0 Å². The molecule has 1 heterocycles. The molecule has 0 spiro atoms. The van der Waals surface area contributed by atoms with Gasteiger partial charge in [-0.25, -0.2) is 14.4 Å². The van der Waals surface area contributed by atoms with Crippen LogP contribution in [-0.2, 0) is 0 Å². The van der Waals surface area contributed by atoms with Gasteiger partial charge >= 0.3 is 17.9 Å². The van der Waals surface area contributed by atoms with Crippen LogP contribution in [0.4, 0.5) is 0 Å². The van der Waals surface area contributed by atoms with Gasteiger partial charge in [-0.3, -0.25) is 4.98 Å². The SMILES string of the molecule is O=C(O)c1cc2ncccc2c(C(=O)O)c1C(=O)O. The summed E-state index contributed by atoms with van der Waals surface area (Å²) in [6.45, 7) is 0. The van der Waals surface area contributed by atoms with Crippen molar-refractivity contribution < 1.29 is 29.7 Å². The third kappa shape index (κ3) is 1.97. The Morgan fingerprint density at radius 2 is 1.58 bits per heavy atom. The molecule has 2 rings (SSSR count). The van der Waals surface area contributed by atoms with Gasteiger partial charge in [0, 0.05) is 11.6 Å². The van der Waals surface area contributed by atoms with Crippen molar-refractivity contribution in [2.45, 2.75) is 0 Å². The first-order valence-electron chi connectivity index (χ1n) is 5.05. The van der Waals surface area contributed by atoms with Gasteiger partial charge in [-0.05, 0) is 12.1 Å². The van der Waals surface area contributed by atoms with Crippen molar-refractivity contribution in [3.05, 3.63) is 41.1 Å². The maximum absolute atomic E-state index is 11.2. The van der Waals surface area contributed by atoms with Crippen LogP contribution in [0.15, 0.2) is 24.4 Å². The molecule has 3 N–H and O–H groups in total. The Morgan fingerprint density at radius 1 is 0.947 bits per heavy atom. The molecule has 96 valence electrons. The molecule has 2 aromatic rings. The van der Waals surface area contributed by atoms with Crippen molar-refractivity contribution >= 4 is 28.8 Å². The van der Waals surface area contributed by atoms with E-state index in [0.29, 0.717) is 0 Å². The zero-order valence-corrected chi connectivity index (χ0v) is 9.32. The van der Waals surface area contributed by atoms with Crippen LogP contribution in [0.2, 0.25) is 0 Å². The zero-order valence-electron chi connectivity index (χ0n) is 9.32. The molecule has 0 atom stereocenters. The number of nitrogens with zero attached hydrogens (tertiary/aromatic N) is 1. The van der Waals surface area contributed by atoms with E-state index in [-0.39, 0.29) is 10.9 Å². The van der Waals surface area contributed by atoms with Crippen LogP contribution in [0.3, 0.4) is 0 Å². The highest BCUT2D eigenvalue weighted by atomic mass is 16.4. The molecule has 0 saturated carbocycles. The number of aromatic carboxylic acids is 3. The second-order valence-electron chi connectivity index (χ2n) is 3.66. The molecule has 0 aliphatic heterocycles. The number of hydrogen-bond acceptors (Lipinski definition) is 4. The maximum atomic E-state index is 11.2. The summed E-state index contributed by atoms with van der Waals surface area (Å²) in [6.07, 6.45) is 1.36. The monoisotopic (exact) mass is 261 g/mol. The van der Waals surface area contributed by atoms with Crippen molar-refractivity contribution in [1.29, 1.82) is 0 Å². The first-order chi connectivity index (χ1) is 8.93. The van der Waals surface area contributed by atoms with E-state index in [4.69, 9.17) is 15.3 Å². The van der Waals surface area contributed by atoms with Crippen molar-refractivity contribution in [3.8, 4) is 0 Å². The number of carboxylic acid groups (broad SMARTS) is 3. The Balaban J connectivity index is 3.04. The molecular formula is C12H7NO6. The standard InChI is InChI=1S/C12H7NO6/c14-10(15)6-4-7-5(2-1-3-13-7)8(11(16)17)9(6)12(18)19/h1-4H,(H,14,15)(H,16,17)(H,18,19). The lowest BCUT2D eigenvalue weighted by atomic mass is 9.96. The third-order valence-corrected chi connectivity index (χ3v) is 2.57. The highest BCUT2D eigenvalue weighted by molar-refractivity contribution is 6.16. The van der Waals surface area contributed by atoms with Crippen molar-refractivity contribution in [2.24, 2.45) is 0 Å². The van der Waals surface area contributed by atoms with E-state index in [1.807, 2.05) is 0 Å². The molecule has 1 aromatic heterocycles. The predicted molar refractivity (Wildman–Crippen MR) is 62.6 cm³/mol. The van der Waals surface area contributed by atoms with Crippen LogP contribution >= 0.6 is 0 Å². The second kappa shape index (κ2) is 4.37. The van der Waals surface area contributed by atoms with Gasteiger partial charge < -0.3 is 15.3 Å². The van der Waals surface area contributed by atoms with Crippen molar-refractivity contribution in [2.75, 3.05) is 0 Å². The highest BCUT2D eigenvalue weighted by Crippen LogP contribution is 2.25. The molecule has 0 saturated heterocycles. The zero-order chi connectivity index (χ0) is 14.2. The summed E-state index contributed by atoms with van der Waals surface area (Å²) in [6, 6.07) is 3.87. The number of fused-ring (bicyclic) bond motifs is 1. The lowest BCUT2D eigenvalue weighted by Gasteiger charge is -2.09. The Kier molecular flexibility index (Phi) is 2.88. The van der Waals surface area contributed by atoms with E-state index in [1.54, 1.807) is 0 Å². The summed E-state index contributed by atoms with van der Waals surface area (Å²) >= 11 is 0. The fraction of sp³-hybridized carbons (Fsp3) is 0. The Bertz CT molecular complexity index is 721. The third-order valence-electron chi connectivity index (χ3n) is 2.57. The quantitative estimate of drug-likeness (QED) is 0.760. The molecule has 1 aromatic carbocycles. The van der Waals surface area contributed by atoms with Gasteiger partial charge in [0.05, 0.1) is 22.2 Å². The molecular weight excluding hydrogens is 254 g/mol. The molecule has 0 unspecified atom stereocenters. The normalized spacial score (nSPS) is 10.3. The van der Waals surface area contributed by atoms with Gasteiger partial charge in [0.2, 0.25) is 0 Å². The Morgan fingerprint density at radius 3 is 2.11 bits per heavy atom. The molecule has 19 heavy (non-hydrogen) atoms. The first kappa shape index (κ1) is 12.5.